The predicted molar refractivity (Wildman–Crippen MR) is 71.2 cm³/mol. The quantitative estimate of drug-likeness (QED) is 0.405. The number of carbonyl (C=O) groups excluding carboxylic acids is 1. The maximum atomic E-state index is 11.8. The van der Waals surface area contributed by atoms with Crippen molar-refractivity contribution in [2.45, 2.75) is 0 Å². The van der Waals surface area contributed by atoms with Gasteiger partial charge in [-0.15, -0.1) is 6.54 Å². The normalized spacial score (nSPS) is 9.56. The third-order valence-corrected chi connectivity index (χ3v) is 2.79. The smallest absolute Gasteiger partial charge is 0.343 e. The first-order valence-electron chi connectivity index (χ1n) is 4.67. The topological polar surface area (TPSA) is 49.6 Å². The van der Waals surface area contributed by atoms with Crippen molar-refractivity contribution in [3.05, 3.63) is 32.8 Å². The average Bonchev–Trinajstić information content (AvgIpc) is 2.31. The number of ether oxygens (including phenoxy) is 2. The van der Waals surface area contributed by atoms with Crippen LogP contribution in [0.25, 0.3) is 5.09 Å². The van der Waals surface area contributed by atoms with Crippen LogP contribution in [0.3, 0.4) is 0 Å². The molecule has 0 spiro atoms. The van der Waals surface area contributed by atoms with E-state index in [1.165, 1.54) is 13.2 Å². The van der Waals surface area contributed by atoms with Gasteiger partial charge in [-0.1, -0.05) is 23.2 Å². The first-order valence-corrected chi connectivity index (χ1v) is 5.94. The van der Waals surface area contributed by atoms with E-state index in [0.29, 0.717) is 11.6 Å². The first kappa shape index (κ1) is 18.8. The minimum atomic E-state index is -0.581. The molecule has 0 saturated heterocycles. The van der Waals surface area contributed by atoms with Gasteiger partial charge in [-0.05, 0) is 12.1 Å². The second-order valence-corrected chi connectivity index (χ2v) is 4.16. The summed E-state index contributed by atoms with van der Waals surface area (Å²) >= 11 is 11.8. The summed E-state index contributed by atoms with van der Waals surface area (Å²) < 4.78 is 10.0. The molecule has 1 aromatic carbocycles. The Morgan fingerprint density at radius 1 is 1.39 bits per heavy atom. The Balaban J connectivity index is 0.00000289. The van der Waals surface area contributed by atoms with Crippen LogP contribution in [0.5, 0.6) is 5.75 Å². The SMILES string of the molecule is COc1c(Cl)ccc(Cl)c1C(=O)OCC[N-]P.[Pr]. The molecule has 0 aliphatic rings. The van der Waals surface area contributed by atoms with Crippen molar-refractivity contribution < 1.29 is 55.6 Å². The zero-order chi connectivity index (χ0) is 12.8. The number of hydrogen-bond donors (Lipinski definition) is 0. The van der Waals surface area contributed by atoms with E-state index in [1.54, 1.807) is 6.07 Å². The molecule has 97 valence electrons. The maximum absolute atomic E-state index is 11.8. The Labute approximate surface area is 151 Å². The Morgan fingerprint density at radius 3 is 2.56 bits per heavy atom. The minimum Gasteiger partial charge on any atom is -0.639 e. The molecule has 1 atom stereocenters. The van der Waals surface area contributed by atoms with Crippen molar-refractivity contribution in [3.8, 4) is 5.75 Å². The van der Waals surface area contributed by atoms with E-state index < -0.39 is 5.97 Å². The Bertz CT molecular complexity index is 420. The summed E-state index contributed by atoms with van der Waals surface area (Å²) in [5.74, 6) is -0.366. The molecule has 1 rings (SSSR count). The standard InChI is InChI=1S/C10H11Cl2NO3P.Pr/c1-15-9-7(12)3-2-6(11)8(9)10(14)16-5-4-13-17;/h2-3H,4-5,17H2,1H3;/q-1;. The molecule has 1 aromatic rings. The fourth-order valence-electron chi connectivity index (χ4n) is 1.19. The van der Waals surface area contributed by atoms with Crippen LogP contribution in [-0.4, -0.2) is 26.2 Å². The Morgan fingerprint density at radius 2 is 2.00 bits per heavy atom. The number of methoxy groups -OCH3 is 1. The van der Waals surface area contributed by atoms with Crippen molar-refractivity contribution >= 4 is 38.6 Å². The number of carbonyl (C=O) groups is 1. The van der Waals surface area contributed by atoms with Crippen molar-refractivity contribution in [1.82, 2.24) is 0 Å². The van der Waals surface area contributed by atoms with E-state index in [2.05, 4.69) is 14.5 Å². The van der Waals surface area contributed by atoms with Gasteiger partial charge in [0.1, 0.15) is 5.56 Å². The second-order valence-electron chi connectivity index (χ2n) is 2.98. The van der Waals surface area contributed by atoms with Crippen molar-refractivity contribution in [2.24, 2.45) is 0 Å². The number of hydrogen-bond acceptors (Lipinski definition) is 3. The van der Waals surface area contributed by atoms with Gasteiger partial charge in [0.15, 0.2) is 5.75 Å². The fourth-order valence-corrected chi connectivity index (χ4v) is 1.75. The van der Waals surface area contributed by atoms with Gasteiger partial charge in [0, 0.05) is 41.3 Å². The zero-order valence-electron chi connectivity index (χ0n) is 9.65. The van der Waals surface area contributed by atoms with Crippen LogP contribution in [0, 0.1) is 41.3 Å². The van der Waals surface area contributed by atoms with Gasteiger partial charge in [0.2, 0.25) is 0 Å². The predicted octanol–water partition coefficient (Wildman–Crippen LogP) is 3.32. The van der Waals surface area contributed by atoms with Gasteiger partial charge in [-0.25, -0.2) is 4.79 Å². The van der Waals surface area contributed by atoms with E-state index in [-0.39, 0.29) is 64.2 Å². The Hall–Kier alpha value is 0.824. The largest absolute Gasteiger partial charge is 0.639 e. The van der Waals surface area contributed by atoms with Crippen molar-refractivity contribution in [1.29, 1.82) is 0 Å². The third-order valence-electron chi connectivity index (χ3n) is 1.92. The molecule has 0 heterocycles. The summed E-state index contributed by atoms with van der Waals surface area (Å²) in [5, 5.41) is 4.27. The summed E-state index contributed by atoms with van der Waals surface area (Å²) in [6.07, 6.45) is 0. The molecule has 0 aliphatic heterocycles. The van der Waals surface area contributed by atoms with Crippen molar-refractivity contribution in [2.75, 3.05) is 20.3 Å². The van der Waals surface area contributed by atoms with Gasteiger partial charge in [0.05, 0.1) is 23.8 Å². The minimum absolute atomic E-state index is 0. The van der Waals surface area contributed by atoms with Gasteiger partial charge >= 0.3 is 5.97 Å². The molecule has 0 bridgehead atoms. The van der Waals surface area contributed by atoms with Gasteiger partial charge in [0.25, 0.3) is 0 Å². The van der Waals surface area contributed by atoms with Gasteiger partial charge < -0.3 is 14.6 Å². The molecule has 0 N–H and O–H groups in total. The van der Waals surface area contributed by atoms with Crippen LogP contribution in [0.2, 0.25) is 10.0 Å². The van der Waals surface area contributed by atoms with Gasteiger partial charge in [-0.2, -0.15) is 0 Å². The Kier molecular flexibility index (Phi) is 10.1. The van der Waals surface area contributed by atoms with Crippen LogP contribution in [0.1, 0.15) is 10.4 Å². The molecule has 8 heteroatoms. The van der Waals surface area contributed by atoms with Gasteiger partial charge in [-0.3, -0.25) is 9.39 Å². The monoisotopic (exact) mass is 435 g/mol. The summed E-state index contributed by atoms with van der Waals surface area (Å²) in [4.78, 5) is 11.8. The molecular weight excluding hydrogens is 425 g/mol. The number of benzene rings is 1. The molecule has 1 unspecified atom stereocenters. The average molecular weight is 436 g/mol. The second kappa shape index (κ2) is 9.68. The number of esters is 1. The van der Waals surface area contributed by atoms with Crippen LogP contribution in [0.4, 0.5) is 0 Å². The summed E-state index contributed by atoms with van der Waals surface area (Å²) in [5.41, 5.74) is 0.130. The van der Waals surface area contributed by atoms with Crippen LogP contribution >= 0.6 is 32.6 Å². The molecule has 18 heavy (non-hydrogen) atoms. The van der Waals surface area contributed by atoms with Crippen molar-refractivity contribution in [3.63, 3.8) is 0 Å². The fraction of sp³-hybridized carbons (Fsp3) is 0.300. The third kappa shape index (κ3) is 5.07. The maximum Gasteiger partial charge on any atom is 0.343 e. The van der Waals surface area contributed by atoms with E-state index in [9.17, 15) is 4.79 Å². The van der Waals surface area contributed by atoms with E-state index in [0.717, 1.165) is 0 Å². The molecule has 0 aliphatic carbocycles. The van der Waals surface area contributed by atoms with Crippen LogP contribution in [0.15, 0.2) is 12.1 Å². The molecular formula is C10H11Cl2NO3PPr-. The zero-order valence-corrected chi connectivity index (χ0v) is 16.0. The summed E-state index contributed by atoms with van der Waals surface area (Å²) in [6, 6.07) is 3.07. The summed E-state index contributed by atoms with van der Waals surface area (Å²) in [7, 11) is 3.60. The molecule has 1 radical (unpaired) electrons. The molecule has 4 nitrogen and oxygen atoms in total. The number of rotatable bonds is 5. The van der Waals surface area contributed by atoms with E-state index >= 15 is 0 Å². The van der Waals surface area contributed by atoms with Crippen LogP contribution < -0.4 is 4.74 Å². The van der Waals surface area contributed by atoms with E-state index in [1.807, 2.05) is 0 Å². The van der Waals surface area contributed by atoms with Crippen LogP contribution in [-0.2, 0) is 4.74 Å². The number of halogens is 2. The molecule has 0 amide bonds. The first-order chi connectivity index (χ1) is 8.11. The number of nitrogens with zero attached hydrogens (tertiary/aromatic N) is 1. The summed E-state index contributed by atoms with van der Waals surface area (Å²) in [6.45, 7) is 0.575. The molecule has 0 fully saturated rings. The molecule has 0 saturated carbocycles. The van der Waals surface area contributed by atoms with E-state index in [4.69, 9.17) is 32.7 Å². The molecule has 0 aromatic heterocycles.